The number of alkyl carbamates (subject to hydrolysis) is 1. The van der Waals surface area contributed by atoms with Crippen LogP contribution in [0.5, 0.6) is 5.75 Å². The van der Waals surface area contributed by atoms with E-state index in [4.69, 9.17) is 14.2 Å². The zero-order valence-electron chi connectivity index (χ0n) is 28.5. The molecule has 47 heavy (non-hydrogen) atoms. The van der Waals surface area contributed by atoms with Crippen LogP contribution < -0.4 is 20.7 Å². The molecule has 0 spiro atoms. The fourth-order valence-corrected chi connectivity index (χ4v) is 4.59. The molecule has 13 heteroatoms. The van der Waals surface area contributed by atoms with Crippen molar-refractivity contribution in [2.75, 3.05) is 33.1 Å². The maximum absolute atomic E-state index is 13.6. The predicted octanol–water partition coefficient (Wildman–Crippen LogP) is 3.69. The first kappa shape index (κ1) is 36.6. The highest BCUT2D eigenvalue weighted by Crippen LogP contribution is 2.30. The second-order valence-corrected chi connectivity index (χ2v) is 12.9. The van der Waals surface area contributed by atoms with Gasteiger partial charge in [-0.3, -0.25) is 14.4 Å². The number of anilines is 1. The third-order valence-electron chi connectivity index (χ3n) is 7.22. The van der Waals surface area contributed by atoms with Gasteiger partial charge in [0.1, 0.15) is 28.5 Å². The maximum atomic E-state index is 13.6. The zero-order valence-corrected chi connectivity index (χ0v) is 28.5. The van der Waals surface area contributed by atoms with Crippen LogP contribution >= 0.6 is 0 Å². The minimum absolute atomic E-state index is 0.148. The van der Waals surface area contributed by atoms with Crippen LogP contribution in [0.3, 0.4) is 0 Å². The third kappa shape index (κ3) is 9.79. The van der Waals surface area contributed by atoms with Gasteiger partial charge < -0.3 is 39.6 Å². The van der Waals surface area contributed by atoms with Crippen LogP contribution in [0.1, 0.15) is 52.7 Å². The van der Waals surface area contributed by atoms with E-state index < -0.39 is 40.6 Å². The van der Waals surface area contributed by atoms with Gasteiger partial charge in [-0.25, -0.2) is 9.78 Å². The van der Waals surface area contributed by atoms with Crippen LogP contribution in [0.15, 0.2) is 67.1 Å². The van der Waals surface area contributed by atoms with Gasteiger partial charge in [0.15, 0.2) is 5.82 Å². The molecule has 0 saturated heterocycles. The van der Waals surface area contributed by atoms with E-state index in [0.717, 1.165) is 5.56 Å². The molecule has 2 atom stereocenters. The van der Waals surface area contributed by atoms with Crippen molar-refractivity contribution >= 4 is 29.6 Å². The predicted molar refractivity (Wildman–Crippen MR) is 177 cm³/mol. The van der Waals surface area contributed by atoms with Crippen molar-refractivity contribution in [2.45, 2.75) is 70.9 Å². The summed E-state index contributed by atoms with van der Waals surface area (Å²) in [5.74, 6) is -0.693. The lowest BCUT2D eigenvalue weighted by Crippen LogP contribution is -2.59. The molecule has 1 heterocycles. The molecule has 0 aliphatic carbocycles. The van der Waals surface area contributed by atoms with Gasteiger partial charge in [-0.1, -0.05) is 42.5 Å². The standard InChI is InChI=1S/C34H46N6O7/c1-32(2,3)47-31(44)38-33(4,5)29(42)36-26(21-46-20-23-13-11-10-12-14-23)28(41)37-27-19-40(22-35-27)34(6,30(43)39(7)8)24-15-17-25(45-9)18-16-24/h10-19,22,26H,20-21H2,1-9H3,(H,36,42)(H,37,41)(H,38,44). The number of benzene rings is 2. The molecule has 0 aliphatic heterocycles. The highest BCUT2D eigenvalue weighted by atomic mass is 16.6. The molecular weight excluding hydrogens is 604 g/mol. The first-order valence-corrected chi connectivity index (χ1v) is 15.1. The molecule has 3 rings (SSSR count). The maximum Gasteiger partial charge on any atom is 0.408 e. The molecule has 0 radical (unpaired) electrons. The first-order chi connectivity index (χ1) is 22.0. The summed E-state index contributed by atoms with van der Waals surface area (Å²) in [6.07, 6.45) is 2.22. The Kier molecular flexibility index (Phi) is 11.8. The Morgan fingerprint density at radius 2 is 1.57 bits per heavy atom. The first-order valence-electron chi connectivity index (χ1n) is 15.1. The van der Waals surface area contributed by atoms with Crippen LogP contribution in [0.25, 0.3) is 0 Å². The number of hydrogen-bond acceptors (Lipinski definition) is 8. The van der Waals surface area contributed by atoms with Crippen molar-refractivity contribution in [2.24, 2.45) is 0 Å². The van der Waals surface area contributed by atoms with Gasteiger partial charge in [0, 0.05) is 20.3 Å². The number of likely N-dealkylation sites (N-methyl/N-ethyl adjacent to an activating group) is 1. The van der Waals surface area contributed by atoms with E-state index in [9.17, 15) is 19.2 Å². The quantitative estimate of drug-likeness (QED) is 0.253. The number of amides is 4. The minimum Gasteiger partial charge on any atom is -0.497 e. The lowest BCUT2D eigenvalue weighted by Gasteiger charge is -2.33. The molecule has 254 valence electrons. The largest absolute Gasteiger partial charge is 0.497 e. The molecule has 13 nitrogen and oxygen atoms in total. The number of carbonyl (C=O) groups is 4. The zero-order chi connectivity index (χ0) is 35.0. The van der Waals surface area contributed by atoms with Gasteiger partial charge in [-0.2, -0.15) is 0 Å². The summed E-state index contributed by atoms with van der Waals surface area (Å²) in [5.41, 5.74) is -1.86. The highest BCUT2D eigenvalue weighted by molar-refractivity contribution is 5.98. The van der Waals surface area contributed by atoms with E-state index in [0.29, 0.717) is 11.3 Å². The number of ether oxygens (including phenoxy) is 3. The number of nitrogens with one attached hydrogen (secondary N) is 3. The monoisotopic (exact) mass is 650 g/mol. The molecule has 3 N–H and O–H groups in total. The topological polar surface area (TPSA) is 153 Å². The number of methoxy groups -OCH3 is 1. The summed E-state index contributed by atoms with van der Waals surface area (Å²) in [6.45, 7) is 9.89. The fraction of sp³-hybridized carbons (Fsp3) is 0.441. The lowest BCUT2D eigenvalue weighted by molar-refractivity contribution is -0.135. The summed E-state index contributed by atoms with van der Waals surface area (Å²) in [4.78, 5) is 58.7. The Morgan fingerprint density at radius 3 is 2.15 bits per heavy atom. The van der Waals surface area contributed by atoms with Crippen molar-refractivity contribution in [3.8, 4) is 5.75 Å². The summed E-state index contributed by atoms with van der Waals surface area (Å²) < 4.78 is 18.0. The summed E-state index contributed by atoms with van der Waals surface area (Å²) in [6, 6.07) is 15.3. The molecule has 0 bridgehead atoms. The van der Waals surface area contributed by atoms with Gasteiger partial charge in [-0.15, -0.1) is 0 Å². The van der Waals surface area contributed by atoms with E-state index >= 15 is 0 Å². The molecule has 1 aromatic heterocycles. The van der Waals surface area contributed by atoms with Crippen molar-refractivity contribution in [1.29, 1.82) is 0 Å². The van der Waals surface area contributed by atoms with E-state index in [2.05, 4.69) is 20.9 Å². The van der Waals surface area contributed by atoms with Gasteiger partial charge >= 0.3 is 6.09 Å². The van der Waals surface area contributed by atoms with Gasteiger partial charge in [0.2, 0.25) is 5.91 Å². The van der Waals surface area contributed by atoms with E-state index in [1.165, 1.54) is 25.1 Å². The number of carbonyl (C=O) groups excluding carboxylic acids is 4. The van der Waals surface area contributed by atoms with E-state index in [1.807, 2.05) is 30.3 Å². The summed E-state index contributed by atoms with van der Waals surface area (Å²) >= 11 is 0. The minimum atomic E-state index is -1.44. The highest BCUT2D eigenvalue weighted by Gasteiger charge is 2.39. The number of imidazole rings is 1. The van der Waals surface area contributed by atoms with Crippen molar-refractivity contribution in [3.63, 3.8) is 0 Å². The Labute approximate surface area is 276 Å². The van der Waals surface area contributed by atoms with Crippen LogP contribution in [-0.4, -0.2) is 83.3 Å². The average molecular weight is 651 g/mol. The number of hydrogen-bond donors (Lipinski definition) is 3. The van der Waals surface area contributed by atoms with Gasteiger partial charge in [-0.05, 0) is 64.8 Å². The van der Waals surface area contributed by atoms with Gasteiger partial charge in [0.25, 0.3) is 11.8 Å². The molecule has 3 aromatic rings. The van der Waals surface area contributed by atoms with Crippen LogP contribution in [0.2, 0.25) is 0 Å². The number of rotatable bonds is 13. The molecule has 2 aromatic carbocycles. The van der Waals surface area contributed by atoms with Crippen molar-refractivity contribution in [1.82, 2.24) is 25.1 Å². The van der Waals surface area contributed by atoms with E-state index in [-0.39, 0.29) is 24.9 Å². The van der Waals surface area contributed by atoms with Crippen LogP contribution in [-0.2, 0) is 36.0 Å². The molecule has 0 fully saturated rings. The Morgan fingerprint density at radius 1 is 0.936 bits per heavy atom. The van der Waals surface area contributed by atoms with Crippen molar-refractivity contribution in [3.05, 3.63) is 78.2 Å². The van der Waals surface area contributed by atoms with Gasteiger partial charge in [0.05, 0.1) is 26.7 Å². The molecule has 0 aliphatic rings. The molecule has 4 amide bonds. The normalized spacial score (nSPS) is 13.5. The Hall–Kier alpha value is -4.91. The average Bonchev–Trinajstić information content (AvgIpc) is 3.47. The smallest absolute Gasteiger partial charge is 0.408 e. The molecule has 0 saturated carbocycles. The third-order valence-corrected chi connectivity index (χ3v) is 7.22. The summed E-state index contributed by atoms with van der Waals surface area (Å²) in [5, 5.41) is 7.96. The Balaban J connectivity index is 1.84. The second-order valence-electron chi connectivity index (χ2n) is 12.9. The molecular formula is C34H46N6O7. The fourth-order valence-electron chi connectivity index (χ4n) is 4.59. The van der Waals surface area contributed by atoms with Crippen LogP contribution in [0, 0.1) is 0 Å². The van der Waals surface area contributed by atoms with Crippen molar-refractivity contribution < 1.29 is 33.4 Å². The SMILES string of the molecule is COc1ccc(C(C)(C(=O)N(C)C)n2cnc(NC(=O)C(COCc3ccccc3)NC(=O)C(C)(C)NC(=O)OC(C)(C)C)c2)cc1. The summed E-state index contributed by atoms with van der Waals surface area (Å²) in [7, 11) is 4.88. The number of nitrogens with zero attached hydrogens (tertiary/aromatic N) is 3. The van der Waals surface area contributed by atoms with Crippen LogP contribution in [0.4, 0.5) is 10.6 Å². The Bertz CT molecular complexity index is 1530. The van der Waals surface area contributed by atoms with E-state index in [1.54, 1.807) is 83.9 Å². The second kappa shape index (κ2) is 15.1. The number of aromatic nitrogens is 2. The molecule has 2 unspecified atom stereocenters. The lowest BCUT2D eigenvalue weighted by atomic mass is 9.90.